The van der Waals surface area contributed by atoms with Crippen LogP contribution in [0.3, 0.4) is 0 Å². The molecule has 1 unspecified atom stereocenters. The predicted molar refractivity (Wildman–Crippen MR) is 80.2 cm³/mol. The van der Waals surface area contributed by atoms with Gasteiger partial charge in [0.1, 0.15) is 17.0 Å². The molecule has 0 spiro atoms. The van der Waals surface area contributed by atoms with E-state index in [1.165, 1.54) is 24.4 Å². The zero-order valence-electron chi connectivity index (χ0n) is 11.0. The molecule has 0 radical (unpaired) electrons. The maximum atomic E-state index is 5.88. The van der Waals surface area contributed by atoms with Gasteiger partial charge in [-0.05, 0) is 43.6 Å². The Labute approximate surface area is 122 Å². The molecule has 19 heavy (non-hydrogen) atoms. The second-order valence-corrected chi connectivity index (χ2v) is 6.21. The maximum Gasteiger partial charge on any atom is 0.149 e. The van der Waals surface area contributed by atoms with E-state index in [-0.39, 0.29) is 0 Å². The molecule has 1 atom stereocenters. The highest BCUT2D eigenvalue weighted by atomic mass is 35.5. The van der Waals surface area contributed by atoms with Crippen molar-refractivity contribution in [3.05, 3.63) is 12.0 Å². The van der Waals surface area contributed by atoms with Crippen LogP contribution in [0.1, 0.15) is 25.0 Å². The molecule has 1 fully saturated rings. The van der Waals surface area contributed by atoms with Gasteiger partial charge in [0.2, 0.25) is 0 Å². The van der Waals surface area contributed by atoms with Gasteiger partial charge in [0.15, 0.2) is 0 Å². The van der Waals surface area contributed by atoms with Crippen LogP contribution in [0.4, 0.5) is 5.82 Å². The topological polar surface area (TPSA) is 41.9 Å². The third-order valence-corrected chi connectivity index (χ3v) is 4.83. The van der Waals surface area contributed by atoms with E-state index in [4.69, 9.17) is 11.6 Å². The van der Waals surface area contributed by atoms with Gasteiger partial charge >= 0.3 is 0 Å². The lowest BCUT2D eigenvalue weighted by atomic mass is 9.95. The lowest BCUT2D eigenvalue weighted by molar-refractivity contribution is 0.405. The number of piperidine rings is 1. The van der Waals surface area contributed by atoms with Crippen LogP contribution in [0, 0.1) is 12.8 Å². The van der Waals surface area contributed by atoms with Crippen LogP contribution in [-0.2, 0) is 0 Å². The predicted octanol–water partition coefficient (Wildman–Crippen LogP) is 3.24. The van der Waals surface area contributed by atoms with E-state index in [2.05, 4.69) is 19.2 Å². The Balaban J connectivity index is 1.93. The van der Waals surface area contributed by atoms with E-state index in [0.29, 0.717) is 5.92 Å². The van der Waals surface area contributed by atoms with E-state index < -0.39 is 0 Å². The molecule has 2 aromatic heterocycles. The van der Waals surface area contributed by atoms with Gasteiger partial charge in [0, 0.05) is 19.0 Å². The van der Waals surface area contributed by atoms with Crippen molar-refractivity contribution in [2.45, 2.75) is 26.2 Å². The smallest absolute Gasteiger partial charge is 0.149 e. The number of alkyl halides is 1. The SMILES string of the molecule is Cc1nsc2ncnc(N3CCCC(CCCl)C3)c12. The fourth-order valence-electron chi connectivity index (χ4n) is 2.79. The van der Waals surface area contributed by atoms with Gasteiger partial charge in [0.25, 0.3) is 0 Å². The maximum absolute atomic E-state index is 5.88. The molecule has 1 saturated heterocycles. The molecule has 3 heterocycles. The summed E-state index contributed by atoms with van der Waals surface area (Å²) in [6.45, 7) is 4.15. The Hall–Kier alpha value is -0.940. The highest BCUT2D eigenvalue weighted by molar-refractivity contribution is 7.13. The van der Waals surface area contributed by atoms with Gasteiger partial charge in [-0.2, -0.15) is 4.37 Å². The second kappa shape index (κ2) is 5.59. The van der Waals surface area contributed by atoms with Crippen molar-refractivity contribution in [2.24, 2.45) is 5.92 Å². The van der Waals surface area contributed by atoms with Crippen molar-refractivity contribution >= 4 is 39.2 Å². The van der Waals surface area contributed by atoms with Gasteiger partial charge < -0.3 is 4.90 Å². The summed E-state index contributed by atoms with van der Waals surface area (Å²) in [7, 11) is 0. The number of nitrogens with zero attached hydrogens (tertiary/aromatic N) is 4. The largest absolute Gasteiger partial charge is 0.356 e. The molecule has 3 rings (SSSR count). The molecule has 0 saturated carbocycles. The summed E-state index contributed by atoms with van der Waals surface area (Å²) in [5.41, 5.74) is 1.04. The Morgan fingerprint density at radius 1 is 1.47 bits per heavy atom. The molecule has 2 aromatic rings. The summed E-state index contributed by atoms with van der Waals surface area (Å²) in [4.78, 5) is 12.2. The first kappa shape index (κ1) is 13.1. The molecule has 0 aromatic carbocycles. The van der Waals surface area contributed by atoms with Gasteiger partial charge in [-0.3, -0.25) is 0 Å². The Kier molecular flexibility index (Phi) is 3.84. The van der Waals surface area contributed by atoms with Crippen LogP contribution in [0.5, 0.6) is 0 Å². The molecule has 0 bridgehead atoms. The zero-order valence-corrected chi connectivity index (χ0v) is 12.5. The molecule has 6 heteroatoms. The highest BCUT2D eigenvalue weighted by Crippen LogP contribution is 2.31. The monoisotopic (exact) mass is 296 g/mol. The first-order valence-corrected chi connectivity index (χ1v) is 7.98. The lowest BCUT2D eigenvalue weighted by Crippen LogP contribution is -2.36. The fourth-order valence-corrected chi connectivity index (χ4v) is 3.84. The number of fused-ring (bicyclic) bond motifs is 1. The molecule has 102 valence electrons. The van der Waals surface area contributed by atoms with Crippen molar-refractivity contribution in [1.29, 1.82) is 0 Å². The van der Waals surface area contributed by atoms with E-state index in [0.717, 1.165) is 47.1 Å². The van der Waals surface area contributed by atoms with Gasteiger partial charge in [0.05, 0.1) is 11.1 Å². The minimum Gasteiger partial charge on any atom is -0.356 e. The Bertz CT molecular complexity index is 569. The minimum atomic E-state index is 0.683. The number of aryl methyl sites for hydroxylation is 1. The number of aromatic nitrogens is 3. The van der Waals surface area contributed by atoms with Crippen LogP contribution < -0.4 is 4.90 Å². The lowest BCUT2D eigenvalue weighted by Gasteiger charge is -2.33. The summed E-state index contributed by atoms with van der Waals surface area (Å²) < 4.78 is 4.40. The van der Waals surface area contributed by atoms with Crippen LogP contribution in [-0.4, -0.2) is 33.3 Å². The molecule has 1 aliphatic rings. The van der Waals surface area contributed by atoms with E-state index in [1.54, 1.807) is 6.33 Å². The van der Waals surface area contributed by atoms with Gasteiger partial charge in [-0.15, -0.1) is 11.6 Å². The van der Waals surface area contributed by atoms with Crippen molar-refractivity contribution in [1.82, 2.24) is 14.3 Å². The minimum absolute atomic E-state index is 0.683. The Morgan fingerprint density at radius 3 is 3.21 bits per heavy atom. The number of anilines is 1. The molecule has 0 amide bonds. The quantitative estimate of drug-likeness (QED) is 0.816. The molecule has 0 N–H and O–H groups in total. The number of hydrogen-bond acceptors (Lipinski definition) is 5. The summed E-state index contributed by atoms with van der Waals surface area (Å²) in [6, 6.07) is 0. The third-order valence-electron chi connectivity index (χ3n) is 3.76. The summed E-state index contributed by atoms with van der Waals surface area (Å²) in [6.07, 6.45) is 5.23. The van der Waals surface area contributed by atoms with Crippen LogP contribution in [0.15, 0.2) is 6.33 Å². The Morgan fingerprint density at radius 2 is 2.37 bits per heavy atom. The first-order valence-electron chi connectivity index (χ1n) is 6.67. The average Bonchev–Trinajstić information content (AvgIpc) is 2.82. The first-order chi connectivity index (χ1) is 9.29. The van der Waals surface area contributed by atoms with E-state index >= 15 is 0 Å². The normalized spacial score (nSPS) is 20.1. The van der Waals surface area contributed by atoms with Gasteiger partial charge in [-0.1, -0.05) is 0 Å². The third kappa shape index (κ3) is 2.54. The van der Waals surface area contributed by atoms with Crippen LogP contribution in [0.2, 0.25) is 0 Å². The van der Waals surface area contributed by atoms with Gasteiger partial charge in [-0.25, -0.2) is 9.97 Å². The number of rotatable bonds is 3. The van der Waals surface area contributed by atoms with Crippen molar-refractivity contribution in [3.63, 3.8) is 0 Å². The van der Waals surface area contributed by atoms with Crippen molar-refractivity contribution in [2.75, 3.05) is 23.9 Å². The molecule has 1 aliphatic heterocycles. The standard InChI is InChI=1S/C13H17ClN4S/c1-9-11-12(15-8-16-13(11)19-17-9)18-6-2-3-10(7-18)4-5-14/h8,10H,2-7H2,1H3. The molecular weight excluding hydrogens is 280 g/mol. The van der Waals surface area contributed by atoms with Crippen LogP contribution in [0.25, 0.3) is 10.2 Å². The van der Waals surface area contributed by atoms with Crippen molar-refractivity contribution in [3.8, 4) is 0 Å². The summed E-state index contributed by atoms with van der Waals surface area (Å²) in [5.74, 6) is 2.48. The molecule has 4 nitrogen and oxygen atoms in total. The van der Waals surface area contributed by atoms with E-state index in [1.807, 2.05) is 6.92 Å². The average molecular weight is 297 g/mol. The summed E-state index contributed by atoms with van der Waals surface area (Å²) >= 11 is 7.33. The summed E-state index contributed by atoms with van der Waals surface area (Å²) in [5, 5.41) is 1.12. The molecule has 0 aliphatic carbocycles. The van der Waals surface area contributed by atoms with Crippen molar-refractivity contribution < 1.29 is 0 Å². The van der Waals surface area contributed by atoms with Crippen LogP contribution >= 0.6 is 23.1 Å². The number of halogens is 1. The fraction of sp³-hybridized carbons (Fsp3) is 0.615. The second-order valence-electron chi connectivity index (χ2n) is 5.08. The highest BCUT2D eigenvalue weighted by Gasteiger charge is 2.23. The molecular formula is C13H17ClN4S. The van der Waals surface area contributed by atoms with E-state index in [9.17, 15) is 0 Å². The zero-order chi connectivity index (χ0) is 13.2. The number of hydrogen-bond donors (Lipinski definition) is 0.